The van der Waals surface area contributed by atoms with Crippen molar-refractivity contribution in [3.05, 3.63) is 59.2 Å². The second-order valence-corrected chi connectivity index (χ2v) is 7.72. The van der Waals surface area contributed by atoms with Crippen LogP contribution in [0.25, 0.3) is 6.08 Å². The smallest absolute Gasteiger partial charge is 0.331 e. The van der Waals surface area contributed by atoms with Crippen LogP contribution in [0.1, 0.15) is 56.2 Å². The molecule has 0 aliphatic heterocycles. The average Bonchev–Trinajstić information content (AvgIpc) is 2.75. The minimum Gasteiger partial charge on any atom is -0.493 e. The van der Waals surface area contributed by atoms with E-state index in [0.29, 0.717) is 11.5 Å². The summed E-state index contributed by atoms with van der Waals surface area (Å²) in [6.07, 6.45) is 2.86. The zero-order chi connectivity index (χ0) is 23.0. The summed E-state index contributed by atoms with van der Waals surface area (Å²) in [5, 5.41) is 2.93. The lowest BCUT2D eigenvalue weighted by atomic mass is 9.92. The molecule has 0 aromatic heterocycles. The summed E-state index contributed by atoms with van der Waals surface area (Å²) in [4.78, 5) is 24.5. The Kier molecular flexibility index (Phi) is 8.67. The van der Waals surface area contributed by atoms with E-state index in [1.165, 1.54) is 6.08 Å². The summed E-state index contributed by atoms with van der Waals surface area (Å²) in [5.74, 6) is 0.680. The first-order chi connectivity index (χ1) is 14.8. The molecule has 1 amide bonds. The van der Waals surface area contributed by atoms with Crippen LogP contribution in [0, 0.1) is 0 Å². The van der Waals surface area contributed by atoms with Crippen LogP contribution in [0.4, 0.5) is 5.69 Å². The third-order valence-corrected chi connectivity index (χ3v) is 4.80. The summed E-state index contributed by atoms with van der Waals surface area (Å²) < 4.78 is 15.5. The zero-order valence-corrected chi connectivity index (χ0v) is 19.0. The van der Waals surface area contributed by atoms with Crippen molar-refractivity contribution in [1.82, 2.24) is 0 Å². The van der Waals surface area contributed by atoms with E-state index < -0.39 is 5.97 Å². The number of hydrogen-bond acceptors (Lipinski definition) is 5. The van der Waals surface area contributed by atoms with Crippen LogP contribution in [0.2, 0.25) is 0 Å². The van der Waals surface area contributed by atoms with Crippen LogP contribution in [0.3, 0.4) is 0 Å². The third-order valence-electron chi connectivity index (χ3n) is 4.80. The van der Waals surface area contributed by atoms with Crippen molar-refractivity contribution in [2.75, 3.05) is 26.1 Å². The number of rotatable bonds is 9. The van der Waals surface area contributed by atoms with Crippen LogP contribution in [0.15, 0.2) is 42.5 Å². The molecule has 0 heterocycles. The van der Waals surface area contributed by atoms with E-state index >= 15 is 0 Å². The first-order valence-electron chi connectivity index (χ1n) is 10.3. The topological polar surface area (TPSA) is 73.9 Å². The van der Waals surface area contributed by atoms with Gasteiger partial charge in [0.05, 0.1) is 14.2 Å². The lowest BCUT2D eigenvalue weighted by molar-refractivity contribution is -0.142. The fourth-order valence-corrected chi connectivity index (χ4v) is 3.18. The van der Waals surface area contributed by atoms with Crippen LogP contribution in [-0.2, 0) is 14.3 Å². The maximum absolute atomic E-state index is 12.5. The number of nitrogens with one attached hydrogen (secondary N) is 1. The van der Waals surface area contributed by atoms with Crippen LogP contribution < -0.4 is 14.8 Å². The first kappa shape index (κ1) is 24.0. The van der Waals surface area contributed by atoms with Crippen molar-refractivity contribution in [3.8, 4) is 11.5 Å². The van der Waals surface area contributed by atoms with E-state index in [0.717, 1.165) is 22.4 Å². The molecule has 0 spiro atoms. The SMILES string of the molecule is COc1ccc(C=CC(=O)OCC(=O)Nc2c(C(C)C)cccc2C(C)C)cc1OC. The van der Waals surface area contributed by atoms with Gasteiger partial charge in [-0.2, -0.15) is 0 Å². The maximum Gasteiger partial charge on any atom is 0.331 e. The molecule has 6 nitrogen and oxygen atoms in total. The first-order valence-corrected chi connectivity index (χ1v) is 10.3. The normalized spacial score (nSPS) is 11.1. The van der Waals surface area contributed by atoms with E-state index in [4.69, 9.17) is 14.2 Å². The molecule has 0 unspecified atom stereocenters. The van der Waals surface area contributed by atoms with Crippen molar-refractivity contribution in [2.24, 2.45) is 0 Å². The third kappa shape index (κ3) is 6.60. The standard InChI is InChI=1S/C25H31NO5/c1-16(2)19-8-7-9-20(17(3)4)25(19)26-23(27)15-31-24(28)13-11-18-10-12-21(29-5)22(14-18)30-6/h7-14,16-17H,15H2,1-6H3,(H,26,27). The lowest BCUT2D eigenvalue weighted by Crippen LogP contribution is -2.22. The van der Waals surface area contributed by atoms with Gasteiger partial charge in [-0.1, -0.05) is 52.0 Å². The molecule has 166 valence electrons. The minimum atomic E-state index is -0.605. The van der Waals surface area contributed by atoms with Gasteiger partial charge in [-0.15, -0.1) is 0 Å². The van der Waals surface area contributed by atoms with Crippen molar-refractivity contribution in [2.45, 2.75) is 39.5 Å². The monoisotopic (exact) mass is 425 g/mol. The van der Waals surface area contributed by atoms with Gasteiger partial charge >= 0.3 is 5.97 Å². The summed E-state index contributed by atoms with van der Waals surface area (Å²) in [6, 6.07) is 11.3. The number of anilines is 1. The van der Waals surface area contributed by atoms with E-state index in [1.807, 2.05) is 18.2 Å². The van der Waals surface area contributed by atoms with Gasteiger partial charge in [0, 0.05) is 11.8 Å². The van der Waals surface area contributed by atoms with Gasteiger partial charge in [0.2, 0.25) is 0 Å². The molecule has 0 bridgehead atoms. The molecule has 1 N–H and O–H groups in total. The predicted octanol–water partition coefficient (Wildman–Crippen LogP) is 5.15. The number of hydrogen-bond donors (Lipinski definition) is 1. The Bertz CT molecular complexity index is 921. The van der Waals surface area contributed by atoms with Crippen LogP contribution >= 0.6 is 0 Å². The fraction of sp³-hybridized carbons (Fsp3) is 0.360. The number of carbonyl (C=O) groups excluding carboxylic acids is 2. The van der Waals surface area contributed by atoms with Gasteiger partial charge < -0.3 is 19.5 Å². The van der Waals surface area contributed by atoms with E-state index in [9.17, 15) is 9.59 Å². The largest absolute Gasteiger partial charge is 0.493 e. The summed E-state index contributed by atoms with van der Waals surface area (Å²) >= 11 is 0. The molecule has 0 aliphatic rings. The molecule has 0 fully saturated rings. The molecule has 0 saturated carbocycles. The Hall–Kier alpha value is -3.28. The lowest BCUT2D eigenvalue weighted by Gasteiger charge is -2.20. The van der Waals surface area contributed by atoms with E-state index in [-0.39, 0.29) is 24.3 Å². The highest BCUT2D eigenvalue weighted by Gasteiger charge is 2.16. The molecule has 31 heavy (non-hydrogen) atoms. The highest BCUT2D eigenvalue weighted by atomic mass is 16.5. The van der Waals surface area contributed by atoms with Gasteiger partial charge in [-0.3, -0.25) is 4.79 Å². The Labute approximate surface area is 184 Å². The molecule has 2 aromatic carbocycles. The number of carbonyl (C=O) groups is 2. The average molecular weight is 426 g/mol. The van der Waals surface area contributed by atoms with E-state index in [1.54, 1.807) is 38.5 Å². The van der Waals surface area contributed by atoms with Gasteiger partial charge in [0.1, 0.15) is 0 Å². The van der Waals surface area contributed by atoms with Crippen LogP contribution in [0.5, 0.6) is 11.5 Å². The Morgan fingerprint density at radius 1 is 0.935 bits per heavy atom. The Balaban J connectivity index is 2.01. The number of amides is 1. The van der Waals surface area contributed by atoms with Gasteiger partial charge in [0.25, 0.3) is 5.91 Å². The number of para-hydroxylation sites is 1. The van der Waals surface area contributed by atoms with Crippen molar-refractivity contribution in [1.29, 1.82) is 0 Å². The Morgan fingerprint density at radius 2 is 1.55 bits per heavy atom. The van der Waals surface area contributed by atoms with Gasteiger partial charge in [-0.25, -0.2) is 4.79 Å². The number of ether oxygens (including phenoxy) is 3. The molecular weight excluding hydrogens is 394 g/mol. The molecule has 0 aliphatic carbocycles. The highest BCUT2D eigenvalue weighted by molar-refractivity contribution is 5.96. The van der Waals surface area contributed by atoms with Gasteiger partial charge in [-0.05, 0) is 46.7 Å². The van der Waals surface area contributed by atoms with Gasteiger partial charge in [0.15, 0.2) is 18.1 Å². The van der Waals surface area contributed by atoms with Crippen molar-refractivity contribution in [3.63, 3.8) is 0 Å². The molecule has 0 atom stereocenters. The second kappa shape index (κ2) is 11.2. The minimum absolute atomic E-state index is 0.251. The maximum atomic E-state index is 12.5. The van der Waals surface area contributed by atoms with Crippen molar-refractivity contribution < 1.29 is 23.8 Å². The molecular formula is C25H31NO5. The summed E-state index contributed by atoms with van der Waals surface area (Å²) in [5.41, 5.74) is 3.65. The number of esters is 1. The quantitative estimate of drug-likeness (QED) is 0.444. The predicted molar refractivity (Wildman–Crippen MR) is 123 cm³/mol. The molecule has 0 radical (unpaired) electrons. The summed E-state index contributed by atoms with van der Waals surface area (Å²) in [7, 11) is 3.10. The summed E-state index contributed by atoms with van der Waals surface area (Å²) in [6.45, 7) is 7.95. The number of benzene rings is 2. The zero-order valence-electron chi connectivity index (χ0n) is 19.0. The molecule has 0 saturated heterocycles. The van der Waals surface area contributed by atoms with E-state index in [2.05, 4.69) is 33.0 Å². The Morgan fingerprint density at radius 3 is 2.10 bits per heavy atom. The molecule has 2 rings (SSSR count). The molecule has 2 aromatic rings. The highest BCUT2D eigenvalue weighted by Crippen LogP contribution is 2.32. The fourth-order valence-electron chi connectivity index (χ4n) is 3.18. The van der Waals surface area contributed by atoms with Crippen LogP contribution in [-0.4, -0.2) is 32.7 Å². The number of methoxy groups -OCH3 is 2. The van der Waals surface area contributed by atoms with Crippen molar-refractivity contribution >= 4 is 23.6 Å². The second-order valence-electron chi connectivity index (χ2n) is 7.72. The molecule has 6 heteroatoms.